The fraction of sp³-hybridized carbons (Fsp3) is 0.957. The van der Waals surface area contributed by atoms with Gasteiger partial charge in [0, 0.05) is 13.1 Å². The van der Waals surface area contributed by atoms with Gasteiger partial charge in [0.1, 0.15) is 5.54 Å². The average Bonchev–Trinajstić information content (AvgIpc) is 2.81. The lowest BCUT2D eigenvalue weighted by molar-refractivity contribution is 0.0493. The molecule has 0 saturated carbocycles. The Bertz CT molecular complexity index is 582. The van der Waals surface area contributed by atoms with Gasteiger partial charge in [0.25, 0.3) is 0 Å². The van der Waals surface area contributed by atoms with E-state index in [1.165, 1.54) is 0 Å². The molecule has 2 unspecified atom stereocenters. The molecule has 12 nitrogen and oxygen atoms in total. The third kappa shape index (κ3) is 30.6. The van der Waals surface area contributed by atoms with E-state index in [2.05, 4.69) is 76.5 Å². The van der Waals surface area contributed by atoms with Gasteiger partial charge in [-0.1, -0.05) is 6.92 Å². The maximum absolute atomic E-state index is 11.1. The number of nitrogens with one attached hydrogen (secondary N) is 2. The number of urea groups is 1. The Morgan fingerprint density at radius 1 is 0.821 bits per heavy atom. The molecule has 0 radical (unpaired) electrons. The average molecular weight is 640 g/mol. The minimum Gasteiger partial charge on any atom is -0.416 e. The van der Waals surface area contributed by atoms with E-state index in [1.807, 2.05) is 0 Å². The van der Waals surface area contributed by atoms with Crippen molar-refractivity contribution < 1.29 is 33.4 Å². The van der Waals surface area contributed by atoms with Crippen molar-refractivity contribution in [1.82, 2.24) is 10.6 Å². The summed E-state index contributed by atoms with van der Waals surface area (Å²) in [5.41, 5.74) is 15.1. The van der Waals surface area contributed by atoms with E-state index in [-0.39, 0.29) is 37.6 Å². The molecule has 0 aliphatic rings. The minimum absolute atomic E-state index is 0. The summed E-state index contributed by atoms with van der Waals surface area (Å²) in [5, 5.41) is 31.2. The van der Waals surface area contributed by atoms with Crippen LogP contribution in [-0.4, -0.2) is 117 Å². The van der Waals surface area contributed by atoms with Gasteiger partial charge in [0.15, 0.2) is 25.0 Å². The number of hydrogen-bond acceptors (Lipinski definition) is 10. The molecule has 0 heterocycles. The lowest BCUT2D eigenvalue weighted by atomic mass is 10.0. The summed E-state index contributed by atoms with van der Waals surface area (Å²) in [6.07, 6.45) is 1.03. The zero-order valence-electron chi connectivity index (χ0n) is 26.1. The first-order valence-corrected chi connectivity index (χ1v) is 23.5. The first-order valence-electron chi connectivity index (χ1n) is 13.2. The molecule has 2 atom stereocenters. The fourth-order valence-electron chi connectivity index (χ4n) is 2.22. The second kappa shape index (κ2) is 23.4. The Labute approximate surface area is 246 Å². The second-order valence-electron chi connectivity index (χ2n) is 12.0. The lowest BCUT2D eigenvalue weighted by Crippen LogP contribution is -2.59. The van der Waals surface area contributed by atoms with Gasteiger partial charge >= 0.3 is 6.03 Å². The maximum Gasteiger partial charge on any atom is 0.315 e. The fourth-order valence-corrected chi connectivity index (χ4v) is 4.73. The number of aliphatic hydroxyl groups is 3. The van der Waals surface area contributed by atoms with Crippen LogP contribution >= 0.6 is 12.4 Å². The van der Waals surface area contributed by atoms with Gasteiger partial charge in [-0.15, -0.1) is 12.4 Å². The van der Waals surface area contributed by atoms with Crippen LogP contribution in [-0.2, 0) is 13.3 Å². The van der Waals surface area contributed by atoms with Crippen LogP contribution in [0.5, 0.6) is 0 Å². The molecule has 0 rings (SSSR count). The van der Waals surface area contributed by atoms with E-state index in [0.29, 0.717) is 13.2 Å². The number of halogens is 1. The molecule has 0 aromatic rings. The standard InChI is InChI=1S/C13H35NO3Si3.C7H17N3O4.C3H9N.ClH/c1-18(2,3)15-10-12(14)13(17-20(7,8)9)11-16-19(4,5)6;8-1-2-9-6(14)10-7(3-11,4-12)5-13;1-2-3-4;/h12-13H,10-11,14H2,1-9H3;11-13H,1-5,8H2,(H2,9,10,14);2-4H2,1H3;1H. The molecule has 0 aromatic heterocycles. The van der Waals surface area contributed by atoms with Gasteiger partial charge in [-0.25, -0.2) is 4.79 Å². The first-order chi connectivity index (χ1) is 17.2. The summed E-state index contributed by atoms with van der Waals surface area (Å²) < 4.78 is 18.1. The molecule has 2 amide bonds. The van der Waals surface area contributed by atoms with Gasteiger partial charge < -0.3 is 56.4 Å². The van der Waals surface area contributed by atoms with Gasteiger partial charge in [-0.2, -0.15) is 0 Å². The van der Waals surface area contributed by atoms with E-state index in [9.17, 15) is 4.79 Å². The molecule has 0 fully saturated rings. The number of aliphatic hydroxyl groups excluding tert-OH is 3. The van der Waals surface area contributed by atoms with Crippen molar-refractivity contribution in [2.45, 2.75) is 90.0 Å². The first kappa shape index (κ1) is 45.8. The third-order valence-corrected chi connectivity index (χ3v) is 7.45. The van der Waals surface area contributed by atoms with Crippen LogP contribution in [0.15, 0.2) is 0 Å². The molecule has 0 spiro atoms. The third-order valence-electron chi connectivity index (χ3n) is 4.38. The molecular weight excluding hydrogens is 578 g/mol. The smallest absolute Gasteiger partial charge is 0.315 e. The molecule has 240 valence electrons. The minimum atomic E-state index is -1.64. The highest BCUT2D eigenvalue weighted by Gasteiger charge is 2.30. The van der Waals surface area contributed by atoms with Crippen molar-refractivity contribution in [3.8, 4) is 0 Å². The lowest BCUT2D eigenvalue weighted by Gasteiger charge is -2.33. The summed E-state index contributed by atoms with van der Waals surface area (Å²) in [6.45, 7) is 22.6. The van der Waals surface area contributed by atoms with Crippen molar-refractivity contribution in [3.63, 3.8) is 0 Å². The molecule has 0 aromatic carbocycles. The number of nitrogens with two attached hydrogens (primary N) is 3. The normalized spacial score (nSPS) is 13.5. The van der Waals surface area contributed by atoms with Crippen LogP contribution in [0.2, 0.25) is 58.9 Å². The number of carbonyl (C=O) groups is 1. The van der Waals surface area contributed by atoms with Crippen LogP contribution in [0.25, 0.3) is 0 Å². The van der Waals surface area contributed by atoms with Gasteiger partial charge in [-0.05, 0) is 71.9 Å². The van der Waals surface area contributed by atoms with Crippen LogP contribution in [0.4, 0.5) is 4.79 Å². The quantitative estimate of drug-likeness (QED) is 0.112. The molecule has 16 heteroatoms. The van der Waals surface area contributed by atoms with Gasteiger partial charge in [0.2, 0.25) is 0 Å². The topological polar surface area (TPSA) is 208 Å². The second-order valence-corrected chi connectivity index (χ2v) is 25.5. The van der Waals surface area contributed by atoms with E-state index in [1.54, 1.807) is 0 Å². The maximum atomic E-state index is 11.1. The summed E-state index contributed by atoms with van der Waals surface area (Å²) in [6, 6.07) is -0.711. The van der Waals surface area contributed by atoms with E-state index in [0.717, 1.165) is 13.0 Å². The summed E-state index contributed by atoms with van der Waals surface area (Å²) >= 11 is 0. The molecule has 39 heavy (non-hydrogen) atoms. The predicted octanol–water partition coefficient (Wildman–Crippen LogP) is 0.974. The summed E-state index contributed by atoms with van der Waals surface area (Å²) in [4.78, 5) is 11.1. The van der Waals surface area contributed by atoms with Crippen LogP contribution in [0.1, 0.15) is 13.3 Å². The number of hydrogen-bond donors (Lipinski definition) is 8. The highest BCUT2D eigenvalue weighted by atomic mass is 35.5. The molecule has 0 aliphatic carbocycles. The molecule has 0 aliphatic heterocycles. The number of amides is 2. The number of rotatable bonds is 16. The van der Waals surface area contributed by atoms with Crippen LogP contribution < -0.4 is 27.8 Å². The Balaban J connectivity index is -0.000000281. The zero-order chi connectivity index (χ0) is 30.6. The van der Waals surface area contributed by atoms with Crippen molar-refractivity contribution in [2.24, 2.45) is 17.2 Å². The van der Waals surface area contributed by atoms with Gasteiger partial charge in [-0.3, -0.25) is 0 Å². The monoisotopic (exact) mass is 639 g/mol. The predicted molar refractivity (Wildman–Crippen MR) is 171 cm³/mol. The van der Waals surface area contributed by atoms with Crippen LogP contribution in [0.3, 0.4) is 0 Å². The Morgan fingerprint density at radius 2 is 1.23 bits per heavy atom. The molecule has 11 N–H and O–H groups in total. The van der Waals surface area contributed by atoms with Crippen molar-refractivity contribution in [3.05, 3.63) is 0 Å². The zero-order valence-corrected chi connectivity index (χ0v) is 30.0. The largest absolute Gasteiger partial charge is 0.416 e. The van der Waals surface area contributed by atoms with E-state index < -0.39 is 56.3 Å². The van der Waals surface area contributed by atoms with Crippen molar-refractivity contribution in [2.75, 3.05) is 52.7 Å². The van der Waals surface area contributed by atoms with E-state index in [4.69, 9.17) is 45.8 Å². The summed E-state index contributed by atoms with van der Waals surface area (Å²) in [7, 11) is -4.74. The molecule has 0 bridgehead atoms. The molecular formula is C23H62ClN5O7Si3. The SMILES string of the molecule is CCCN.C[Si](C)(C)OCC(N)C(CO[Si](C)(C)C)O[Si](C)(C)C.Cl.NCCNC(=O)NC(CO)(CO)CO. The van der Waals surface area contributed by atoms with Crippen LogP contribution in [0, 0.1) is 0 Å². The Hall–Kier alpha value is -0.149. The Kier molecular flexibility index (Phi) is 27.5. The van der Waals surface area contributed by atoms with Gasteiger partial charge in [0.05, 0.1) is 45.2 Å². The highest BCUT2D eigenvalue weighted by molar-refractivity contribution is 6.70. The van der Waals surface area contributed by atoms with Crippen molar-refractivity contribution >= 4 is 43.4 Å². The summed E-state index contributed by atoms with van der Waals surface area (Å²) in [5.74, 6) is 0. The molecule has 0 saturated heterocycles. The van der Waals surface area contributed by atoms with Crippen molar-refractivity contribution in [1.29, 1.82) is 0 Å². The Morgan fingerprint density at radius 3 is 1.54 bits per heavy atom. The van der Waals surface area contributed by atoms with E-state index >= 15 is 0 Å². The highest BCUT2D eigenvalue weighted by Crippen LogP contribution is 2.14. The number of carbonyl (C=O) groups excluding carboxylic acids is 1.